The number of carbonyl (C=O) groups excluding carboxylic acids is 2. The molecule has 1 heterocycles. The standard InChI is InChI=1S/C28H32N2O5/c31-26(30-14-6-8-19(16-30)27(32)33)18-7-5-9-20(15-18)29-28(34)35-17-25-23-12-3-1-10-21(23)22-11-2-4-13-24(22)25/h1-4,10-13,18-20,25H,5-9,14-17H2,(H,29,34)(H,32,33)/t18?,19-,20?/m1/s1. The van der Waals surface area contributed by atoms with E-state index in [4.69, 9.17) is 4.74 Å². The highest BCUT2D eigenvalue weighted by Gasteiger charge is 2.35. The number of fused-ring (bicyclic) bond motifs is 3. The summed E-state index contributed by atoms with van der Waals surface area (Å²) in [6, 6.07) is 16.4. The second-order valence-corrected chi connectivity index (χ2v) is 9.99. The summed E-state index contributed by atoms with van der Waals surface area (Å²) >= 11 is 0. The average Bonchev–Trinajstić information content (AvgIpc) is 3.21. The Bertz CT molecular complexity index is 1070. The largest absolute Gasteiger partial charge is 0.481 e. The van der Waals surface area contributed by atoms with Gasteiger partial charge in [0.1, 0.15) is 6.61 Å². The van der Waals surface area contributed by atoms with Gasteiger partial charge in [0, 0.05) is 31.0 Å². The molecule has 2 aromatic carbocycles. The lowest BCUT2D eigenvalue weighted by Gasteiger charge is -2.36. The number of nitrogens with one attached hydrogen (secondary N) is 1. The molecule has 2 aromatic rings. The number of nitrogens with zero attached hydrogens (tertiary/aromatic N) is 1. The van der Waals surface area contributed by atoms with Crippen molar-refractivity contribution in [2.75, 3.05) is 19.7 Å². The van der Waals surface area contributed by atoms with Gasteiger partial charge in [-0.2, -0.15) is 0 Å². The number of benzene rings is 2. The zero-order valence-electron chi connectivity index (χ0n) is 19.8. The summed E-state index contributed by atoms with van der Waals surface area (Å²) in [6.07, 6.45) is 3.89. The highest BCUT2D eigenvalue weighted by molar-refractivity contribution is 5.81. The number of carbonyl (C=O) groups is 3. The van der Waals surface area contributed by atoms with E-state index in [0.29, 0.717) is 19.4 Å². The third-order valence-electron chi connectivity index (χ3n) is 7.77. The third kappa shape index (κ3) is 4.90. The molecule has 2 unspecified atom stereocenters. The SMILES string of the molecule is O=C(NC1CCCC(C(=O)N2CCC[C@@H](C(=O)O)C2)C1)OCC1c2ccccc2-c2ccccc21. The number of amides is 2. The monoisotopic (exact) mass is 476 g/mol. The fourth-order valence-electron chi connectivity index (χ4n) is 5.99. The van der Waals surface area contributed by atoms with Gasteiger partial charge < -0.3 is 20.1 Å². The van der Waals surface area contributed by atoms with E-state index in [9.17, 15) is 19.5 Å². The molecule has 2 amide bonds. The van der Waals surface area contributed by atoms with E-state index in [0.717, 1.165) is 25.7 Å². The van der Waals surface area contributed by atoms with Crippen molar-refractivity contribution < 1.29 is 24.2 Å². The maximum atomic E-state index is 13.1. The zero-order valence-corrected chi connectivity index (χ0v) is 19.8. The Morgan fingerprint density at radius 2 is 1.57 bits per heavy atom. The predicted octanol–water partition coefficient (Wildman–Crippen LogP) is 4.41. The average molecular weight is 477 g/mol. The van der Waals surface area contributed by atoms with Crippen molar-refractivity contribution in [1.82, 2.24) is 10.2 Å². The number of carboxylic acids is 1. The van der Waals surface area contributed by atoms with E-state index in [1.54, 1.807) is 4.90 Å². The topological polar surface area (TPSA) is 95.9 Å². The normalized spacial score (nSPS) is 23.8. The zero-order chi connectivity index (χ0) is 24.4. The van der Waals surface area contributed by atoms with Crippen LogP contribution >= 0.6 is 0 Å². The molecule has 1 saturated heterocycles. The fourth-order valence-corrected chi connectivity index (χ4v) is 5.99. The van der Waals surface area contributed by atoms with E-state index in [-0.39, 0.29) is 36.9 Å². The summed E-state index contributed by atoms with van der Waals surface area (Å²) in [6.45, 7) is 1.16. The predicted molar refractivity (Wildman–Crippen MR) is 131 cm³/mol. The summed E-state index contributed by atoms with van der Waals surface area (Å²) in [5, 5.41) is 12.3. The Balaban J connectivity index is 1.16. The molecule has 35 heavy (non-hydrogen) atoms. The number of rotatable bonds is 5. The van der Waals surface area contributed by atoms with Crippen molar-refractivity contribution in [3.63, 3.8) is 0 Å². The summed E-state index contributed by atoms with van der Waals surface area (Å²) in [5.41, 5.74) is 4.72. The van der Waals surface area contributed by atoms with Crippen LogP contribution in [0.15, 0.2) is 48.5 Å². The lowest BCUT2D eigenvalue weighted by molar-refractivity contribution is -0.147. The molecule has 5 rings (SSSR count). The fraction of sp³-hybridized carbons (Fsp3) is 0.464. The molecule has 3 aliphatic rings. The van der Waals surface area contributed by atoms with Crippen LogP contribution in [0, 0.1) is 11.8 Å². The first-order valence-corrected chi connectivity index (χ1v) is 12.6. The molecule has 1 aliphatic heterocycles. The number of alkyl carbamates (subject to hydrolysis) is 1. The summed E-state index contributed by atoms with van der Waals surface area (Å²) in [5.74, 6) is -1.47. The van der Waals surface area contributed by atoms with E-state index in [1.807, 2.05) is 24.3 Å². The van der Waals surface area contributed by atoms with Gasteiger partial charge in [-0.25, -0.2) is 4.79 Å². The van der Waals surface area contributed by atoms with Gasteiger partial charge in [0.2, 0.25) is 5.91 Å². The van der Waals surface area contributed by atoms with E-state index >= 15 is 0 Å². The third-order valence-corrected chi connectivity index (χ3v) is 7.77. The van der Waals surface area contributed by atoms with Crippen LogP contribution in [0.4, 0.5) is 4.79 Å². The first-order chi connectivity index (χ1) is 17.0. The minimum atomic E-state index is -0.832. The lowest BCUT2D eigenvalue weighted by Crippen LogP contribution is -2.47. The molecule has 0 bridgehead atoms. The van der Waals surface area contributed by atoms with E-state index in [2.05, 4.69) is 29.6 Å². The minimum Gasteiger partial charge on any atom is -0.481 e. The van der Waals surface area contributed by atoms with Gasteiger partial charge in [0.05, 0.1) is 5.92 Å². The number of carboxylic acid groups (broad SMARTS) is 1. The highest BCUT2D eigenvalue weighted by Crippen LogP contribution is 2.44. The Labute approximate surface area is 205 Å². The second kappa shape index (κ2) is 10.1. The first-order valence-electron chi connectivity index (χ1n) is 12.6. The molecule has 7 heteroatoms. The van der Waals surface area contributed by atoms with Crippen molar-refractivity contribution in [3.8, 4) is 11.1 Å². The molecule has 0 aromatic heterocycles. The van der Waals surface area contributed by atoms with Crippen LogP contribution in [0.5, 0.6) is 0 Å². The molecular weight excluding hydrogens is 444 g/mol. The number of likely N-dealkylation sites (tertiary alicyclic amines) is 1. The van der Waals surface area contributed by atoms with Crippen molar-refractivity contribution in [2.45, 2.75) is 50.5 Å². The number of hydrogen-bond acceptors (Lipinski definition) is 4. The highest BCUT2D eigenvalue weighted by atomic mass is 16.5. The lowest BCUT2D eigenvalue weighted by atomic mass is 9.84. The van der Waals surface area contributed by atoms with Crippen LogP contribution in [0.1, 0.15) is 55.6 Å². The molecule has 3 atom stereocenters. The number of aliphatic carboxylic acids is 1. The Morgan fingerprint density at radius 3 is 2.26 bits per heavy atom. The Kier molecular flexibility index (Phi) is 6.75. The molecule has 1 saturated carbocycles. The number of piperidine rings is 1. The smallest absolute Gasteiger partial charge is 0.407 e. The molecule has 2 aliphatic carbocycles. The molecule has 0 radical (unpaired) electrons. The minimum absolute atomic E-state index is 0.00937. The van der Waals surface area contributed by atoms with Crippen LogP contribution in [0.3, 0.4) is 0 Å². The van der Waals surface area contributed by atoms with Gasteiger partial charge in [0.25, 0.3) is 0 Å². The first kappa shape index (κ1) is 23.4. The van der Waals surface area contributed by atoms with Crippen molar-refractivity contribution in [2.24, 2.45) is 11.8 Å². The van der Waals surface area contributed by atoms with Crippen LogP contribution in [0.25, 0.3) is 11.1 Å². The maximum absolute atomic E-state index is 13.1. The Morgan fingerprint density at radius 1 is 0.914 bits per heavy atom. The maximum Gasteiger partial charge on any atom is 0.407 e. The van der Waals surface area contributed by atoms with Crippen LogP contribution in [-0.4, -0.2) is 53.7 Å². The van der Waals surface area contributed by atoms with Gasteiger partial charge in [-0.1, -0.05) is 55.0 Å². The molecule has 184 valence electrons. The van der Waals surface area contributed by atoms with Gasteiger partial charge >= 0.3 is 12.1 Å². The van der Waals surface area contributed by atoms with Gasteiger partial charge in [0.15, 0.2) is 0 Å². The summed E-state index contributed by atoms with van der Waals surface area (Å²) in [7, 11) is 0. The quantitative estimate of drug-likeness (QED) is 0.667. The van der Waals surface area contributed by atoms with Crippen LogP contribution in [0.2, 0.25) is 0 Å². The van der Waals surface area contributed by atoms with E-state index in [1.165, 1.54) is 22.3 Å². The molecule has 2 fully saturated rings. The van der Waals surface area contributed by atoms with Crippen LogP contribution < -0.4 is 5.32 Å². The van der Waals surface area contributed by atoms with Crippen LogP contribution in [-0.2, 0) is 14.3 Å². The summed E-state index contributed by atoms with van der Waals surface area (Å²) < 4.78 is 5.68. The van der Waals surface area contributed by atoms with Crippen molar-refractivity contribution in [3.05, 3.63) is 59.7 Å². The molecule has 7 nitrogen and oxygen atoms in total. The van der Waals surface area contributed by atoms with E-state index < -0.39 is 18.0 Å². The Hall–Kier alpha value is -3.35. The number of hydrogen-bond donors (Lipinski definition) is 2. The second-order valence-electron chi connectivity index (χ2n) is 9.99. The van der Waals surface area contributed by atoms with Gasteiger partial charge in [-0.05, 0) is 54.4 Å². The summed E-state index contributed by atoms with van der Waals surface area (Å²) in [4.78, 5) is 38.8. The number of ether oxygens (including phenoxy) is 1. The van der Waals surface area contributed by atoms with Crippen molar-refractivity contribution >= 4 is 18.0 Å². The van der Waals surface area contributed by atoms with Gasteiger partial charge in [-0.3, -0.25) is 9.59 Å². The molecule has 0 spiro atoms. The van der Waals surface area contributed by atoms with Crippen molar-refractivity contribution in [1.29, 1.82) is 0 Å². The molecule has 2 N–H and O–H groups in total. The molecular formula is C28H32N2O5. The van der Waals surface area contributed by atoms with Gasteiger partial charge in [-0.15, -0.1) is 0 Å².